The smallest absolute Gasteiger partial charge is 0.284 e. The first kappa shape index (κ1) is 14.3. The first-order valence-corrected chi connectivity index (χ1v) is 7.18. The SMILES string of the molecule is O=C(NCCn1cccc1)c1ccc(-c2n[nH]c(=S)o2)cc1. The molecule has 0 saturated carbocycles. The zero-order valence-electron chi connectivity index (χ0n) is 11.7. The van der Waals surface area contributed by atoms with E-state index >= 15 is 0 Å². The van der Waals surface area contributed by atoms with Gasteiger partial charge in [-0.1, -0.05) is 0 Å². The number of benzene rings is 1. The predicted octanol–water partition coefficient (Wildman–Crippen LogP) is 2.63. The van der Waals surface area contributed by atoms with Crippen LogP contribution in [0.2, 0.25) is 0 Å². The molecule has 3 rings (SSSR count). The number of amides is 1. The van der Waals surface area contributed by atoms with Gasteiger partial charge in [0.2, 0.25) is 5.89 Å². The summed E-state index contributed by atoms with van der Waals surface area (Å²) in [4.78, 5) is 12.3. The van der Waals surface area contributed by atoms with Crippen LogP contribution in [0.1, 0.15) is 10.4 Å². The number of rotatable bonds is 5. The van der Waals surface area contributed by atoms with Gasteiger partial charge in [0, 0.05) is 36.6 Å². The van der Waals surface area contributed by atoms with E-state index in [2.05, 4.69) is 15.5 Å². The minimum Gasteiger partial charge on any atom is -0.409 e. The molecule has 0 saturated heterocycles. The van der Waals surface area contributed by atoms with Crippen LogP contribution in [-0.4, -0.2) is 27.2 Å². The fraction of sp³-hybridized carbons (Fsp3) is 0.133. The first-order chi connectivity index (χ1) is 10.7. The minimum atomic E-state index is -0.110. The Hall–Kier alpha value is -2.67. The maximum absolute atomic E-state index is 12.0. The second kappa shape index (κ2) is 6.40. The van der Waals surface area contributed by atoms with Crippen molar-refractivity contribution in [3.63, 3.8) is 0 Å². The molecule has 0 aliphatic rings. The average molecular weight is 314 g/mol. The molecular weight excluding hydrogens is 300 g/mol. The van der Waals surface area contributed by atoms with Crippen molar-refractivity contribution >= 4 is 18.1 Å². The molecule has 2 aromatic heterocycles. The number of carbonyl (C=O) groups is 1. The van der Waals surface area contributed by atoms with Gasteiger partial charge in [0.25, 0.3) is 10.7 Å². The molecule has 2 N–H and O–H groups in total. The van der Waals surface area contributed by atoms with Gasteiger partial charge in [-0.05, 0) is 48.6 Å². The maximum Gasteiger partial charge on any atom is 0.284 e. The molecule has 7 heteroatoms. The number of nitrogens with one attached hydrogen (secondary N) is 2. The van der Waals surface area contributed by atoms with E-state index < -0.39 is 0 Å². The van der Waals surface area contributed by atoms with Gasteiger partial charge in [-0.2, -0.15) is 0 Å². The fourth-order valence-corrected chi connectivity index (χ4v) is 2.16. The third-order valence-electron chi connectivity index (χ3n) is 3.15. The van der Waals surface area contributed by atoms with Crippen LogP contribution in [0.15, 0.2) is 53.2 Å². The number of carbonyl (C=O) groups excluding carboxylic acids is 1. The third kappa shape index (κ3) is 3.32. The lowest BCUT2D eigenvalue weighted by atomic mass is 10.1. The fourth-order valence-electron chi connectivity index (χ4n) is 2.04. The van der Waals surface area contributed by atoms with Crippen molar-refractivity contribution in [1.29, 1.82) is 0 Å². The van der Waals surface area contributed by atoms with Crippen molar-refractivity contribution in [3.8, 4) is 11.5 Å². The molecule has 1 aromatic carbocycles. The van der Waals surface area contributed by atoms with Crippen LogP contribution < -0.4 is 5.32 Å². The van der Waals surface area contributed by atoms with E-state index in [-0.39, 0.29) is 10.7 Å². The largest absolute Gasteiger partial charge is 0.409 e. The van der Waals surface area contributed by atoms with Gasteiger partial charge in [-0.15, -0.1) is 5.10 Å². The Bertz CT molecular complexity index is 803. The van der Waals surface area contributed by atoms with Crippen LogP contribution in [0.3, 0.4) is 0 Å². The summed E-state index contributed by atoms with van der Waals surface area (Å²) in [7, 11) is 0. The highest BCUT2D eigenvalue weighted by Crippen LogP contribution is 2.17. The summed E-state index contributed by atoms with van der Waals surface area (Å²) < 4.78 is 7.23. The van der Waals surface area contributed by atoms with E-state index in [1.54, 1.807) is 24.3 Å². The van der Waals surface area contributed by atoms with Crippen LogP contribution in [0.5, 0.6) is 0 Å². The quantitative estimate of drug-likeness (QED) is 0.710. The lowest BCUT2D eigenvalue weighted by molar-refractivity contribution is 0.0952. The van der Waals surface area contributed by atoms with Crippen molar-refractivity contribution in [3.05, 3.63) is 59.2 Å². The van der Waals surface area contributed by atoms with Crippen LogP contribution in [0.4, 0.5) is 0 Å². The normalized spacial score (nSPS) is 10.5. The Morgan fingerprint density at radius 2 is 2.00 bits per heavy atom. The summed E-state index contributed by atoms with van der Waals surface area (Å²) in [6.45, 7) is 1.31. The van der Waals surface area contributed by atoms with Crippen LogP contribution >= 0.6 is 12.2 Å². The van der Waals surface area contributed by atoms with Crippen molar-refractivity contribution in [2.75, 3.05) is 6.54 Å². The van der Waals surface area contributed by atoms with E-state index in [0.717, 1.165) is 12.1 Å². The van der Waals surface area contributed by atoms with E-state index in [0.29, 0.717) is 18.0 Å². The second-order valence-electron chi connectivity index (χ2n) is 4.67. The molecule has 0 radical (unpaired) electrons. The summed E-state index contributed by atoms with van der Waals surface area (Å²) in [6, 6.07) is 10.9. The zero-order chi connectivity index (χ0) is 15.4. The Kier molecular flexibility index (Phi) is 4.15. The Morgan fingerprint density at radius 3 is 2.64 bits per heavy atom. The molecule has 6 nitrogen and oxygen atoms in total. The molecule has 112 valence electrons. The van der Waals surface area contributed by atoms with Gasteiger partial charge in [-0.25, -0.2) is 5.10 Å². The second-order valence-corrected chi connectivity index (χ2v) is 5.04. The van der Waals surface area contributed by atoms with Crippen molar-refractivity contribution in [2.45, 2.75) is 6.54 Å². The highest BCUT2D eigenvalue weighted by atomic mass is 32.1. The van der Waals surface area contributed by atoms with E-state index in [9.17, 15) is 4.79 Å². The Balaban J connectivity index is 1.60. The molecule has 0 fully saturated rings. The highest BCUT2D eigenvalue weighted by molar-refractivity contribution is 7.71. The molecule has 22 heavy (non-hydrogen) atoms. The van der Waals surface area contributed by atoms with Crippen molar-refractivity contribution in [1.82, 2.24) is 20.1 Å². The maximum atomic E-state index is 12.0. The molecule has 0 aliphatic heterocycles. The van der Waals surface area contributed by atoms with E-state index in [1.165, 1.54) is 0 Å². The molecule has 0 bridgehead atoms. The molecular formula is C15H14N4O2S. The standard InChI is InChI=1S/C15H14N4O2S/c20-13(16-7-10-19-8-1-2-9-19)11-3-5-12(6-4-11)14-17-18-15(22)21-14/h1-6,8-9H,7,10H2,(H,16,20)(H,18,22). The van der Waals surface area contributed by atoms with Crippen LogP contribution in [-0.2, 0) is 6.54 Å². The molecule has 1 amide bonds. The van der Waals surface area contributed by atoms with Gasteiger partial charge in [0.15, 0.2) is 0 Å². The number of H-pyrrole nitrogens is 1. The Morgan fingerprint density at radius 1 is 1.27 bits per heavy atom. The summed E-state index contributed by atoms with van der Waals surface area (Å²) in [5, 5.41) is 9.38. The number of hydrogen-bond donors (Lipinski definition) is 2. The number of aromatic nitrogens is 3. The molecule has 3 aromatic rings. The zero-order valence-corrected chi connectivity index (χ0v) is 12.5. The van der Waals surface area contributed by atoms with Gasteiger partial charge in [-0.3, -0.25) is 4.79 Å². The monoisotopic (exact) mass is 314 g/mol. The highest BCUT2D eigenvalue weighted by Gasteiger charge is 2.07. The summed E-state index contributed by atoms with van der Waals surface area (Å²) in [5.41, 5.74) is 1.35. The van der Waals surface area contributed by atoms with Gasteiger partial charge in [0.1, 0.15) is 0 Å². The predicted molar refractivity (Wildman–Crippen MR) is 83.9 cm³/mol. The number of hydrogen-bond acceptors (Lipinski definition) is 4. The molecule has 2 heterocycles. The third-order valence-corrected chi connectivity index (χ3v) is 3.33. The van der Waals surface area contributed by atoms with Crippen molar-refractivity contribution in [2.24, 2.45) is 0 Å². The molecule has 0 atom stereocenters. The lowest BCUT2D eigenvalue weighted by Crippen LogP contribution is -2.26. The van der Waals surface area contributed by atoms with Crippen LogP contribution in [0, 0.1) is 4.84 Å². The lowest BCUT2D eigenvalue weighted by Gasteiger charge is -2.06. The first-order valence-electron chi connectivity index (χ1n) is 6.77. The average Bonchev–Trinajstić information content (AvgIpc) is 3.19. The number of nitrogens with zero attached hydrogens (tertiary/aromatic N) is 2. The van der Waals surface area contributed by atoms with Gasteiger partial charge in [0.05, 0.1) is 0 Å². The molecule has 0 aliphatic carbocycles. The summed E-state index contributed by atoms with van der Waals surface area (Å²) in [5.74, 6) is 0.297. The number of aromatic amines is 1. The van der Waals surface area contributed by atoms with Crippen LogP contribution in [0.25, 0.3) is 11.5 Å². The molecule has 0 spiro atoms. The summed E-state index contributed by atoms with van der Waals surface area (Å²) in [6.07, 6.45) is 3.92. The van der Waals surface area contributed by atoms with E-state index in [4.69, 9.17) is 16.6 Å². The Labute approximate surface area is 131 Å². The minimum absolute atomic E-state index is 0.110. The summed E-state index contributed by atoms with van der Waals surface area (Å²) >= 11 is 4.83. The van der Waals surface area contributed by atoms with Gasteiger partial charge < -0.3 is 14.3 Å². The van der Waals surface area contributed by atoms with Crippen molar-refractivity contribution < 1.29 is 9.21 Å². The topological polar surface area (TPSA) is 75.8 Å². The van der Waals surface area contributed by atoms with E-state index in [1.807, 2.05) is 29.1 Å². The van der Waals surface area contributed by atoms with Gasteiger partial charge >= 0.3 is 0 Å². The molecule has 0 unspecified atom stereocenters.